The number of unbranched alkanes of at least 4 members (excludes halogenated alkanes) is 1. The van der Waals surface area contributed by atoms with Gasteiger partial charge < -0.3 is 10.2 Å². The third-order valence-corrected chi connectivity index (χ3v) is 3.52. The molecule has 1 aromatic carbocycles. The molecule has 0 saturated carbocycles. The summed E-state index contributed by atoms with van der Waals surface area (Å²) in [5.41, 5.74) is 1.63. The summed E-state index contributed by atoms with van der Waals surface area (Å²) < 4.78 is 0.484. The fraction of sp³-hybridized carbons (Fsp3) is 0.714. The third kappa shape index (κ3) is 3.55. The SMILES string of the molecule is CCNc1c(N(C)CCCCC(C)C)c(=S)c1=O. The minimum atomic E-state index is -0.00381. The smallest absolute Gasteiger partial charge is 0.223 e. The van der Waals surface area contributed by atoms with E-state index in [1.807, 2.05) is 14.0 Å². The first kappa shape index (κ1) is 15.2. The van der Waals surface area contributed by atoms with E-state index in [9.17, 15) is 4.79 Å². The Morgan fingerprint density at radius 2 is 2.00 bits per heavy atom. The summed E-state index contributed by atoms with van der Waals surface area (Å²) in [7, 11) is 2.01. The lowest BCUT2D eigenvalue weighted by Crippen LogP contribution is -2.29. The van der Waals surface area contributed by atoms with Gasteiger partial charge in [0.15, 0.2) is 0 Å². The van der Waals surface area contributed by atoms with Crippen LogP contribution in [-0.2, 0) is 0 Å². The van der Waals surface area contributed by atoms with Gasteiger partial charge in [-0.15, -0.1) is 0 Å². The second kappa shape index (κ2) is 6.88. The second-order valence-corrected chi connectivity index (χ2v) is 5.63. The molecule has 0 spiro atoms. The first-order valence-corrected chi connectivity index (χ1v) is 7.18. The molecule has 1 rings (SSSR count). The standard InChI is InChI=1S/C14H24N2OS/c1-5-15-11-12(14(18)13(11)17)16(4)9-7-6-8-10(2)3/h10,15H,5-9H2,1-4H3. The van der Waals surface area contributed by atoms with Gasteiger partial charge in [0.05, 0.1) is 5.69 Å². The third-order valence-electron chi connectivity index (χ3n) is 3.15. The monoisotopic (exact) mass is 268 g/mol. The molecule has 1 aromatic rings. The van der Waals surface area contributed by atoms with Crippen molar-refractivity contribution in [2.45, 2.75) is 40.0 Å². The van der Waals surface area contributed by atoms with Crippen LogP contribution in [0, 0.1) is 10.4 Å². The summed E-state index contributed by atoms with van der Waals surface area (Å²) in [6.07, 6.45) is 3.64. The summed E-state index contributed by atoms with van der Waals surface area (Å²) in [4.78, 5) is 13.7. The Labute approximate surface area is 115 Å². The van der Waals surface area contributed by atoms with Gasteiger partial charge >= 0.3 is 0 Å². The molecule has 0 amide bonds. The minimum Gasteiger partial charge on any atom is -0.380 e. The molecule has 102 valence electrons. The molecule has 0 atom stereocenters. The van der Waals surface area contributed by atoms with Crippen LogP contribution in [0.1, 0.15) is 40.0 Å². The van der Waals surface area contributed by atoms with Crippen molar-refractivity contribution in [3.05, 3.63) is 14.7 Å². The van der Waals surface area contributed by atoms with Gasteiger partial charge in [-0.1, -0.05) is 38.9 Å². The van der Waals surface area contributed by atoms with Crippen molar-refractivity contribution in [3.63, 3.8) is 0 Å². The van der Waals surface area contributed by atoms with E-state index in [0.717, 1.165) is 31.1 Å². The predicted molar refractivity (Wildman–Crippen MR) is 82.0 cm³/mol. The first-order valence-electron chi connectivity index (χ1n) is 6.77. The highest BCUT2D eigenvalue weighted by atomic mass is 32.1. The largest absolute Gasteiger partial charge is 0.380 e. The molecule has 0 aliphatic carbocycles. The van der Waals surface area contributed by atoms with Gasteiger partial charge in [-0.3, -0.25) is 4.79 Å². The highest BCUT2D eigenvalue weighted by Crippen LogP contribution is 2.26. The normalized spacial score (nSPS) is 11.2. The van der Waals surface area contributed by atoms with E-state index in [1.54, 1.807) is 0 Å². The van der Waals surface area contributed by atoms with E-state index in [1.165, 1.54) is 12.8 Å². The van der Waals surface area contributed by atoms with Gasteiger partial charge in [-0.2, -0.15) is 0 Å². The molecule has 3 nitrogen and oxygen atoms in total. The van der Waals surface area contributed by atoms with Crippen LogP contribution in [0.15, 0.2) is 4.79 Å². The molecule has 0 radical (unpaired) electrons. The molecule has 0 unspecified atom stereocenters. The molecule has 0 heterocycles. The van der Waals surface area contributed by atoms with Crippen molar-refractivity contribution in [2.75, 3.05) is 30.4 Å². The Balaban J connectivity index is 2.52. The zero-order chi connectivity index (χ0) is 13.7. The van der Waals surface area contributed by atoms with Crippen LogP contribution in [0.3, 0.4) is 0 Å². The Morgan fingerprint density at radius 3 is 2.56 bits per heavy atom. The number of hydrogen-bond acceptors (Lipinski definition) is 4. The van der Waals surface area contributed by atoms with Crippen LogP contribution in [0.5, 0.6) is 0 Å². The molecule has 0 bridgehead atoms. The maximum absolute atomic E-state index is 11.6. The summed E-state index contributed by atoms with van der Waals surface area (Å²) in [5.74, 6) is 0.762. The van der Waals surface area contributed by atoms with Crippen LogP contribution in [0.4, 0.5) is 11.4 Å². The molecule has 1 N–H and O–H groups in total. The first-order chi connectivity index (χ1) is 8.49. The molecule has 0 aliphatic rings. The van der Waals surface area contributed by atoms with Crippen molar-refractivity contribution in [3.8, 4) is 0 Å². The van der Waals surface area contributed by atoms with Gasteiger partial charge in [0.1, 0.15) is 10.2 Å². The van der Waals surface area contributed by atoms with E-state index < -0.39 is 0 Å². The lowest BCUT2D eigenvalue weighted by atomic mass is 10.1. The van der Waals surface area contributed by atoms with Gasteiger partial charge in [0.2, 0.25) is 5.43 Å². The van der Waals surface area contributed by atoms with E-state index in [-0.39, 0.29) is 5.43 Å². The van der Waals surface area contributed by atoms with Crippen molar-refractivity contribution in [1.82, 2.24) is 0 Å². The maximum atomic E-state index is 11.6. The van der Waals surface area contributed by atoms with E-state index in [4.69, 9.17) is 12.2 Å². The highest BCUT2D eigenvalue weighted by molar-refractivity contribution is 7.71. The number of anilines is 2. The van der Waals surface area contributed by atoms with E-state index >= 15 is 0 Å². The summed E-state index contributed by atoms with van der Waals surface area (Å²) >= 11 is 5.13. The van der Waals surface area contributed by atoms with Crippen LogP contribution in [-0.4, -0.2) is 20.1 Å². The lowest BCUT2D eigenvalue weighted by molar-refractivity contribution is 0.538. The zero-order valence-corrected chi connectivity index (χ0v) is 12.7. The molecule has 18 heavy (non-hydrogen) atoms. The lowest BCUT2D eigenvalue weighted by Gasteiger charge is -2.24. The van der Waals surface area contributed by atoms with Crippen LogP contribution < -0.4 is 15.6 Å². The number of nitrogens with zero attached hydrogens (tertiary/aromatic N) is 1. The zero-order valence-electron chi connectivity index (χ0n) is 11.9. The van der Waals surface area contributed by atoms with Gasteiger partial charge in [-0.05, 0) is 19.3 Å². The second-order valence-electron chi connectivity index (χ2n) is 5.22. The van der Waals surface area contributed by atoms with Crippen LogP contribution >= 0.6 is 12.2 Å². The number of rotatable bonds is 8. The molecule has 0 aromatic heterocycles. The van der Waals surface area contributed by atoms with Gasteiger partial charge in [-0.25, -0.2) is 0 Å². The number of nitrogens with one attached hydrogen (secondary N) is 1. The highest BCUT2D eigenvalue weighted by Gasteiger charge is 2.19. The summed E-state index contributed by atoms with van der Waals surface area (Å²) in [6.45, 7) is 8.20. The molecule has 0 fully saturated rings. The van der Waals surface area contributed by atoms with Crippen LogP contribution in [0.25, 0.3) is 0 Å². The van der Waals surface area contributed by atoms with E-state index in [0.29, 0.717) is 10.2 Å². The molecule has 4 heteroatoms. The van der Waals surface area contributed by atoms with Crippen molar-refractivity contribution in [1.29, 1.82) is 0 Å². The Hall–Kier alpha value is -0.900. The topological polar surface area (TPSA) is 32.3 Å². The molecule has 0 aliphatic heterocycles. The average Bonchev–Trinajstić information content (AvgIpc) is 2.33. The fourth-order valence-electron chi connectivity index (χ4n) is 2.10. The quantitative estimate of drug-likeness (QED) is 0.579. The van der Waals surface area contributed by atoms with Crippen molar-refractivity contribution >= 4 is 23.6 Å². The molecular formula is C14H24N2OS. The fourth-order valence-corrected chi connectivity index (χ4v) is 2.46. The van der Waals surface area contributed by atoms with Gasteiger partial charge in [0, 0.05) is 20.1 Å². The predicted octanol–water partition coefficient (Wildman–Crippen LogP) is 3.35. The van der Waals surface area contributed by atoms with E-state index in [2.05, 4.69) is 24.1 Å². The van der Waals surface area contributed by atoms with Gasteiger partial charge in [0.25, 0.3) is 0 Å². The Bertz CT molecular complexity index is 447. The van der Waals surface area contributed by atoms with Crippen molar-refractivity contribution < 1.29 is 0 Å². The number of hydrogen-bond donors (Lipinski definition) is 1. The Morgan fingerprint density at radius 1 is 1.33 bits per heavy atom. The minimum absolute atomic E-state index is 0.00381. The summed E-state index contributed by atoms with van der Waals surface area (Å²) in [5, 5.41) is 3.10. The Kier molecular flexibility index (Phi) is 5.79. The average molecular weight is 268 g/mol. The van der Waals surface area contributed by atoms with Crippen LogP contribution in [0.2, 0.25) is 0 Å². The maximum Gasteiger partial charge on any atom is 0.223 e. The summed E-state index contributed by atoms with van der Waals surface area (Å²) in [6, 6.07) is 0. The molecular weight excluding hydrogens is 244 g/mol. The molecule has 0 saturated heterocycles. The van der Waals surface area contributed by atoms with Crippen molar-refractivity contribution in [2.24, 2.45) is 5.92 Å².